The summed E-state index contributed by atoms with van der Waals surface area (Å²) in [5.41, 5.74) is -1.30. The number of hydrogen-bond donors (Lipinski definition) is 1. The van der Waals surface area contributed by atoms with Crippen molar-refractivity contribution >= 4 is 23.2 Å². The van der Waals surface area contributed by atoms with E-state index in [1.54, 1.807) is 13.8 Å². The topological polar surface area (TPSA) is 79.8 Å². The molecule has 1 aromatic carbocycles. The van der Waals surface area contributed by atoms with Gasteiger partial charge in [0.05, 0.1) is 17.2 Å². The molecule has 0 radical (unpaired) electrons. The molecule has 7 nitrogen and oxygen atoms in total. The van der Waals surface area contributed by atoms with Gasteiger partial charge in [0.1, 0.15) is 34.7 Å². The van der Waals surface area contributed by atoms with Gasteiger partial charge in [0, 0.05) is 12.1 Å². The van der Waals surface area contributed by atoms with Crippen molar-refractivity contribution in [1.82, 2.24) is 19.6 Å². The molecule has 1 N–H and O–H groups in total. The number of rotatable bonds is 4. The molecule has 1 atom stereocenters. The van der Waals surface area contributed by atoms with Crippen molar-refractivity contribution in [3.05, 3.63) is 41.1 Å². The van der Waals surface area contributed by atoms with Crippen LogP contribution >= 0.6 is 11.6 Å². The van der Waals surface area contributed by atoms with Crippen molar-refractivity contribution in [2.75, 3.05) is 5.32 Å². The smallest absolute Gasteiger partial charge is 0.255 e. The molecule has 0 fully saturated rings. The maximum Gasteiger partial charge on any atom is 0.255 e. The Morgan fingerprint density at radius 1 is 1.15 bits per heavy atom. The number of benzene rings is 1. The van der Waals surface area contributed by atoms with E-state index in [0.717, 1.165) is 0 Å². The van der Waals surface area contributed by atoms with Crippen LogP contribution in [0.25, 0.3) is 16.9 Å². The first-order chi connectivity index (χ1) is 12.3. The summed E-state index contributed by atoms with van der Waals surface area (Å²) >= 11 is 6.19. The van der Waals surface area contributed by atoms with Crippen LogP contribution < -0.4 is 5.32 Å². The van der Waals surface area contributed by atoms with E-state index in [4.69, 9.17) is 11.6 Å². The lowest BCUT2D eigenvalue weighted by molar-refractivity contribution is 0.547. The Bertz CT molecular complexity index is 1040. The van der Waals surface area contributed by atoms with Crippen molar-refractivity contribution in [3.8, 4) is 11.1 Å². The van der Waals surface area contributed by atoms with Crippen molar-refractivity contribution in [1.29, 1.82) is 0 Å². The molecule has 0 spiro atoms. The molecule has 3 heterocycles. The summed E-state index contributed by atoms with van der Waals surface area (Å²) in [6, 6.07) is 0.791. The zero-order valence-corrected chi connectivity index (χ0v) is 14.3. The van der Waals surface area contributed by atoms with Gasteiger partial charge in [0.2, 0.25) is 5.66 Å². The van der Waals surface area contributed by atoms with E-state index in [9.17, 15) is 13.2 Å². The van der Waals surface area contributed by atoms with Crippen LogP contribution in [0.5, 0.6) is 0 Å². The lowest BCUT2D eigenvalue weighted by Crippen LogP contribution is -2.32. The van der Waals surface area contributed by atoms with Gasteiger partial charge < -0.3 is 5.32 Å². The highest BCUT2D eigenvalue weighted by Gasteiger charge is 2.41. The zero-order valence-electron chi connectivity index (χ0n) is 13.5. The lowest BCUT2D eigenvalue weighted by Gasteiger charge is -2.21. The average Bonchev–Trinajstić information content (AvgIpc) is 3.14. The van der Waals surface area contributed by atoms with E-state index in [1.165, 1.54) is 10.8 Å². The molecular formula is C15H11ClF3N7. The van der Waals surface area contributed by atoms with Crippen molar-refractivity contribution in [2.45, 2.75) is 25.6 Å². The van der Waals surface area contributed by atoms with Gasteiger partial charge in [0.25, 0.3) is 5.78 Å². The van der Waals surface area contributed by atoms with Crippen LogP contribution in [-0.4, -0.2) is 31.3 Å². The Morgan fingerprint density at radius 3 is 2.42 bits per heavy atom. The fourth-order valence-electron chi connectivity index (χ4n) is 2.55. The molecule has 0 saturated carbocycles. The highest BCUT2D eigenvalue weighted by molar-refractivity contribution is 6.33. The standard InChI is InChI=1S/C15H11ClF3N7/c1-6(15(2)24-25-15)22-13-11(10-8(18)3-7(17)4-9(10)19)12(16)23-14-20-5-21-26(13)14/h3-6,22H,1-2H3/t6-/m1/s1. The molecule has 0 unspecified atom stereocenters. The molecule has 4 rings (SSSR count). The number of fused-ring (bicyclic) bond motifs is 1. The summed E-state index contributed by atoms with van der Waals surface area (Å²) in [5.74, 6) is -3.00. The SMILES string of the molecule is C[C@@H](Nc1c(-c2c(F)cc(F)cc2F)c(Cl)nc2ncnn12)C1(C)N=N1. The van der Waals surface area contributed by atoms with Gasteiger partial charge in [-0.05, 0) is 13.8 Å². The van der Waals surface area contributed by atoms with E-state index < -0.39 is 28.7 Å². The summed E-state index contributed by atoms with van der Waals surface area (Å²) in [5, 5.41) is 14.8. The molecule has 3 aromatic rings. The quantitative estimate of drug-likeness (QED) is 0.696. The second-order valence-corrected chi connectivity index (χ2v) is 6.36. The van der Waals surface area contributed by atoms with Gasteiger partial charge in [0.15, 0.2) is 0 Å². The number of hydrogen-bond acceptors (Lipinski definition) is 6. The van der Waals surface area contributed by atoms with E-state index in [-0.39, 0.29) is 28.4 Å². The second kappa shape index (κ2) is 5.63. The third-order valence-corrected chi connectivity index (χ3v) is 4.50. The minimum Gasteiger partial charge on any atom is -0.362 e. The van der Waals surface area contributed by atoms with Crippen LogP contribution in [0.1, 0.15) is 13.8 Å². The van der Waals surface area contributed by atoms with E-state index in [1.807, 2.05) is 0 Å². The van der Waals surface area contributed by atoms with Crippen molar-refractivity contribution in [2.24, 2.45) is 10.2 Å². The number of nitrogens with one attached hydrogen (secondary N) is 1. The largest absolute Gasteiger partial charge is 0.362 e. The maximum absolute atomic E-state index is 14.4. The summed E-state index contributed by atoms with van der Waals surface area (Å²) in [7, 11) is 0. The number of aromatic nitrogens is 4. The monoisotopic (exact) mass is 381 g/mol. The maximum atomic E-state index is 14.4. The Hall–Kier alpha value is -2.75. The normalized spacial score (nSPS) is 16.1. The first-order valence-electron chi connectivity index (χ1n) is 7.55. The Kier molecular flexibility index (Phi) is 3.62. The fourth-order valence-corrected chi connectivity index (χ4v) is 2.81. The highest BCUT2D eigenvalue weighted by Crippen LogP contribution is 2.40. The van der Waals surface area contributed by atoms with Crippen molar-refractivity contribution in [3.63, 3.8) is 0 Å². The molecule has 26 heavy (non-hydrogen) atoms. The van der Waals surface area contributed by atoms with E-state index in [0.29, 0.717) is 12.1 Å². The summed E-state index contributed by atoms with van der Waals surface area (Å²) in [4.78, 5) is 7.94. The molecule has 2 aromatic heterocycles. The van der Waals surface area contributed by atoms with Gasteiger partial charge >= 0.3 is 0 Å². The van der Waals surface area contributed by atoms with Crippen LogP contribution in [0.3, 0.4) is 0 Å². The molecule has 134 valence electrons. The van der Waals surface area contributed by atoms with Crippen LogP contribution in [0.2, 0.25) is 5.15 Å². The highest BCUT2D eigenvalue weighted by atomic mass is 35.5. The predicted octanol–water partition coefficient (Wildman–Crippen LogP) is 3.84. The third-order valence-electron chi connectivity index (χ3n) is 4.23. The first kappa shape index (κ1) is 16.7. The Labute approximate surface area is 149 Å². The summed E-state index contributed by atoms with van der Waals surface area (Å²) in [6.07, 6.45) is 1.23. The summed E-state index contributed by atoms with van der Waals surface area (Å²) < 4.78 is 43.3. The average molecular weight is 382 g/mol. The molecule has 1 aliphatic rings. The molecule has 0 bridgehead atoms. The van der Waals surface area contributed by atoms with Gasteiger partial charge in [-0.1, -0.05) is 11.6 Å². The van der Waals surface area contributed by atoms with E-state index in [2.05, 4.69) is 30.6 Å². The Morgan fingerprint density at radius 2 is 1.81 bits per heavy atom. The van der Waals surface area contributed by atoms with Crippen LogP contribution in [0.15, 0.2) is 28.7 Å². The second-order valence-electron chi connectivity index (χ2n) is 6.00. The van der Waals surface area contributed by atoms with Gasteiger partial charge in [-0.15, -0.1) is 0 Å². The summed E-state index contributed by atoms with van der Waals surface area (Å²) in [6.45, 7) is 3.57. The first-order valence-corrected chi connectivity index (χ1v) is 7.92. The zero-order chi connectivity index (χ0) is 18.6. The predicted molar refractivity (Wildman–Crippen MR) is 87.4 cm³/mol. The van der Waals surface area contributed by atoms with Crippen LogP contribution in [-0.2, 0) is 0 Å². The molecule has 11 heteroatoms. The van der Waals surface area contributed by atoms with Crippen molar-refractivity contribution < 1.29 is 13.2 Å². The fraction of sp³-hybridized carbons (Fsp3) is 0.267. The molecule has 0 saturated heterocycles. The van der Waals surface area contributed by atoms with Gasteiger partial charge in [-0.25, -0.2) is 13.2 Å². The minimum absolute atomic E-state index is 0.101. The number of halogens is 4. The third kappa shape index (κ3) is 2.57. The van der Waals surface area contributed by atoms with Gasteiger partial charge in [-0.2, -0.15) is 29.8 Å². The molecule has 0 aliphatic carbocycles. The van der Waals surface area contributed by atoms with Crippen LogP contribution in [0, 0.1) is 17.5 Å². The molecule has 0 amide bonds. The lowest BCUT2D eigenvalue weighted by atomic mass is 10.0. The number of nitrogens with zero attached hydrogens (tertiary/aromatic N) is 6. The van der Waals surface area contributed by atoms with Gasteiger partial charge in [-0.3, -0.25) is 0 Å². The minimum atomic E-state index is -1.12. The molecular weight excluding hydrogens is 371 g/mol. The Balaban J connectivity index is 1.97. The van der Waals surface area contributed by atoms with E-state index >= 15 is 0 Å². The number of anilines is 1. The molecule has 1 aliphatic heterocycles. The van der Waals surface area contributed by atoms with Crippen LogP contribution in [0.4, 0.5) is 19.0 Å².